The molecule has 36 heavy (non-hydrogen) atoms. The van der Waals surface area contributed by atoms with Crippen LogP contribution in [-0.2, 0) is 16.6 Å². The summed E-state index contributed by atoms with van der Waals surface area (Å²) in [5.74, 6) is 0.998. The van der Waals surface area contributed by atoms with Crippen molar-refractivity contribution in [2.45, 2.75) is 46.7 Å². The molecule has 6 nitrogen and oxygen atoms in total. The molecular weight excluding hydrogens is 472 g/mol. The third-order valence-electron chi connectivity index (χ3n) is 6.11. The van der Waals surface area contributed by atoms with Crippen LogP contribution in [0.2, 0.25) is 0 Å². The van der Waals surface area contributed by atoms with Crippen molar-refractivity contribution >= 4 is 21.6 Å². The summed E-state index contributed by atoms with van der Waals surface area (Å²) in [5, 5.41) is 3.16. The van der Waals surface area contributed by atoms with Crippen LogP contribution in [0, 0.1) is 19.8 Å². The number of nitrogens with zero attached hydrogens (tertiary/aromatic N) is 1. The third kappa shape index (κ3) is 7.10. The van der Waals surface area contributed by atoms with Crippen molar-refractivity contribution in [3.63, 3.8) is 0 Å². The summed E-state index contributed by atoms with van der Waals surface area (Å²) in [7, 11) is -1.87. The molecule has 7 heteroatoms. The number of anilines is 1. The van der Waals surface area contributed by atoms with E-state index in [0.717, 1.165) is 34.4 Å². The first kappa shape index (κ1) is 27.3. The highest BCUT2D eigenvalue weighted by molar-refractivity contribution is 7.92. The van der Waals surface area contributed by atoms with Crippen LogP contribution in [0.5, 0.6) is 5.75 Å². The molecule has 3 aromatic carbocycles. The second-order valence-corrected chi connectivity index (χ2v) is 11.6. The molecule has 0 aliphatic heterocycles. The van der Waals surface area contributed by atoms with Crippen LogP contribution in [0.15, 0.2) is 66.7 Å². The summed E-state index contributed by atoms with van der Waals surface area (Å²) in [6, 6.07) is 20.5. The van der Waals surface area contributed by atoms with E-state index in [1.807, 2.05) is 68.4 Å². The first-order valence-electron chi connectivity index (χ1n) is 12.1. The van der Waals surface area contributed by atoms with Crippen LogP contribution in [0.1, 0.15) is 58.9 Å². The Morgan fingerprint density at radius 3 is 2.17 bits per heavy atom. The number of carbonyl (C=O) groups excluding carboxylic acids is 1. The van der Waals surface area contributed by atoms with E-state index in [1.165, 1.54) is 10.6 Å². The molecule has 0 spiro atoms. The maximum atomic E-state index is 13.1. The van der Waals surface area contributed by atoms with Gasteiger partial charge in [0.05, 0.1) is 31.6 Å². The molecule has 0 radical (unpaired) electrons. The molecule has 3 rings (SSSR count). The zero-order valence-corrected chi connectivity index (χ0v) is 22.7. The quantitative estimate of drug-likeness (QED) is 0.376. The molecule has 1 atom stereocenters. The van der Waals surface area contributed by atoms with Crippen LogP contribution in [0.4, 0.5) is 5.69 Å². The summed E-state index contributed by atoms with van der Waals surface area (Å²) >= 11 is 0. The van der Waals surface area contributed by atoms with Crippen molar-refractivity contribution in [1.29, 1.82) is 0 Å². The van der Waals surface area contributed by atoms with Crippen molar-refractivity contribution in [2.24, 2.45) is 5.92 Å². The second kappa shape index (κ2) is 11.6. The van der Waals surface area contributed by atoms with E-state index in [1.54, 1.807) is 19.2 Å². The zero-order chi connectivity index (χ0) is 26.5. The normalized spacial score (nSPS) is 12.3. The summed E-state index contributed by atoms with van der Waals surface area (Å²) in [6.45, 7) is 8.28. The Morgan fingerprint density at radius 2 is 1.61 bits per heavy atom. The number of carbonyl (C=O) groups is 1. The van der Waals surface area contributed by atoms with Gasteiger partial charge in [-0.25, -0.2) is 8.42 Å². The number of amides is 1. The molecule has 0 saturated carbocycles. The molecule has 0 fully saturated rings. The van der Waals surface area contributed by atoms with Gasteiger partial charge in [-0.15, -0.1) is 0 Å². The Hall–Kier alpha value is -3.32. The SMILES string of the molecule is COc1ccc(C(CC(C)C)NC(=O)c2ccc(CN(c3cc(C)ccc3C)S(C)(=O)=O)cc2)cc1. The summed E-state index contributed by atoms with van der Waals surface area (Å²) < 4.78 is 31.9. The van der Waals surface area contributed by atoms with Gasteiger partial charge in [-0.3, -0.25) is 9.10 Å². The number of ether oxygens (including phenoxy) is 1. The van der Waals surface area contributed by atoms with E-state index in [2.05, 4.69) is 19.2 Å². The monoisotopic (exact) mass is 508 g/mol. The first-order chi connectivity index (χ1) is 17.0. The number of hydrogen-bond acceptors (Lipinski definition) is 4. The molecule has 0 saturated heterocycles. The predicted molar refractivity (Wildman–Crippen MR) is 146 cm³/mol. The van der Waals surface area contributed by atoms with Gasteiger partial charge in [-0.05, 0) is 78.8 Å². The maximum Gasteiger partial charge on any atom is 0.251 e. The number of sulfonamides is 1. The van der Waals surface area contributed by atoms with E-state index >= 15 is 0 Å². The van der Waals surface area contributed by atoms with Crippen molar-refractivity contribution in [2.75, 3.05) is 17.7 Å². The van der Waals surface area contributed by atoms with Crippen LogP contribution >= 0.6 is 0 Å². The zero-order valence-electron chi connectivity index (χ0n) is 21.9. The molecule has 0 bridgehead atoms. The van der Waals surface area contributed by atoms with Gasteiger partial charge in [0.1, 0.15) is 5.75 Å². The Morgan fingerprint density at radius 1 is 0.972 bits per heavy atom. The number of hydrogen-bond donors (Lipinski definition) is 1. The highest BCUT2D eigenvalue weighted by Crippen LogP contribution is 2.27. The smallest absolute Gasteiger partial charge is 0.251 e. The highest BCUT2D eigenvalue weighted by Gasteiger charge is 2.21. The van der Waals surface area contributed by atoms with Gasteiger partial charge in [-0.1, -0.05) is 50.2 Å². The number of aryl methyl sites for hydroxylation is 2. The molecule has 0 aliphatic rings. The average Bonchev–Trinajstić information content (AvgIpc) is 2.83. The average molecular weight is 509 g/mol. The topological polar surface area (TPSA) is 75.7 Å². The van der Waals surface area contributed by atoms with Gasteiger partial charge in [-0.2, -0.15) is 0 Å². The third-order valence-corrected chi connectivity index (χ3v) is 7.23. The van der Waals surface area contributed by atoms with Crippen LogP contribution in [0.3, 0.4) is 0 Å². The number of benzene rings is 3. The minimum absolute atomic E-state index is 0.131. The molecule has 3 aromatic rings. The van der Waals surface area contributed by atoms with Crippen molar-refractivity contribution in [1.82, 2.24) is 5.32 Å². The van der Waals surface area contributed by atoms with Crippen LogP contribution in [-0.4, -0.2) is 27.7 Å². The van der Waals surface area contributed by atoms with Gasteiger partial charge in [0.2, 0.25) is 10.0 Å². The molecule has 0 aromatic heterocycles. The van der Waals surface area contributed by atoms with Crippen molar-refractivity contribution in [3.05, 3.63) is 94.5 Å². The molecule has 0 heterocycles. The molecule has 1 N–H and O–H groups in total. The fourth-order valence-electron chi connectivity index (χ4n) is 4.12. The summed E-state index contributed by atoms with van der Waals surface area (Å²) in [5.41, 5.74) is 4.88. The number of rotatable bonds is 10. The van der Waals surface area contributed by atoms with Gasteiger partial charge >= 0.3 is 0 Å². The standard InChI is InChI=1S/C29H36N2O4S/c1-20(2)17-27(24-13-15-26(35-5)16-14-24)30-29(32)25-11-9-23(10-12-25)19-31(36(6,33)34)28-18-21(3)7-8-22(28)4/h7-16,18,20,27H,17,19H2,1-6H3,(H,30,32). The van der Waals surface area contributed by atoms with E-state index in [9.17, 15) is 13.2 Å². The van der Waals surface area contributed by atoms with Gasteiger partial charge in [0, 0.05) is 5.56 Å². The lowest BCUT2D eigenvalue weighted by Crippen LogP contribution is -2.30. The van der Waals surface area contributed by atoms with Crippen molar-refractivity contribution in [3.8, 4) is 5.75 Å². The molecule has 1 amide bonds. The lowest BCUT2D eigenvalue weighted by atomic mass is 9.96. The van der Waals surface area contributed by atoms with Crippen LogP contribution < -0.4 is 14.4 Å². The Labute approximate surface area is 215 Å². The molecular formula is C29H36N2O4S. The highest BCUT2D eigenvalue weighted by atomic mass is 32.2. The fourth-order valence-corrected chi connectivity index (χ4v) is 5.06. The number of nitrogens with one attached hydrogen (secondary N) is 1. The summed E-state index contributed by atoms with van der Waals surface area (Å²) in [6.07, 6.45) is 2.01. The molecule has 0 aliphatic carbocycles. The van der Waals surface area contributed by atoms with Gasteiger partial charge < -0.3 is 10.1 Å². The maximum absolute atomic E-state index is 13.1. The predicted octanol–water partition coefficient (Wildman–Crippen LogP) is 5.80. The Balaban J connectivity index is 1.79. The minimum atomic E-state index is -3.50. The van der Waals surface area contributed by atoms with E-state index in [0.29, 0.717) is 17.2 Å². The fraction of sp³-hybridized carbons (Fsp3) is 0.345. The van der Waals surface area contributed by atoms with Crippen LogP contribution in [0.25, 0.3) is 0 Å². The van der Waals surface area contributed by atoms with E-state index in [-0.39, 0.29) is 18.5 Å². The Kier molecular flexibility index (Phi) is 8.79. The lowest BCUT2D eigenvalue weighted by molar-refractivity contribution is 0.0932. The largest absolute Gasteiger partial charge is 0.497 e. The van der Waals surface area contributed by atoms with Gasteiger partial charge in [0.15, 0.2) is 0 Å². The molecule has 192 valence electrons. The van der Waals surface area contributed by atoms with E-state index in [4.69, 9.17) is 4.74 Å². The lowest BCUT2D eigenvalue weighted by Gasteiger charge is -2.25. The van der Waals surface area contributed by atoms with E-state index < -0.39 is 10.0 Å². The van der Waals surface area contributed by atoms with Crippen molar-refractivity contribution < 1.29 is 17.9 Å². The Bertz CT molecular complexity index is 1280. The summed E-state index contributed by atoms with van der Waals surface area (Å²) in [4.78, 5) is 13.1. The first-order valence-corrected chi connectivity index (χ1v) is 13.9. The number of methoxy groups -OCH3 is 1. The molecule has 1 unspecified atom stereocenters. The second-order valence-electron chi connectivity index (χ2n) is 9.69. The minimum Gasteiger partial charge on any atom is -0.497 e. The van der Waals surface area contributed by atoms with Gasteiger partial charge in [0.25, 0.3) is 5.91 Å².